The molecule has 1 aromatic carbocycles. The third-order valence-corrected chi connectivity index (χ3v) is 4.87. The number of hydrogen-bond acceptors (Lipinski definition) is 3. The molecule has 3 heterocycles. The van der Waals surface area contributed by atoms with Crippen molar-refractivity contribution in [1.82, 2.24) is 14.8 Å². The van der Waals surface area contributed by atoms with Gasteiger partial charge in [0.1, 0.15) is 5.82 Å². The van der Waals surface area contributed by atoms with Gasteiger partial charge in [0.2, 0.25) is 0 Å². The van der Waals surface area contributed by atoms with E-state index in [4.69, 9.17) is 5.10 Å². The maximum absolute atomic E-state index is 4.99. The van der Waals surface area contributed by atoms with Gasteiger partial charge >= 0.3 is 0 Å². The Hall–Kier alpha value is -2.62. The summed E-state index contributed by atoms with van der Waals surface area (Å²) in [6.07, 6.45) is 7.14. The summed E-state index contributed by atoms with van der Waals surface area (Å²) < 4.78 is 2.09. The number of nitrogens with one attached hydrogen (secondary N) is 1. The van der Waals surface area contributed by atoms with Gasteiger partial charge in [-0.3, -0.25) is 4.98 Å². The number of nitrogens with zero attached hydrogens (tertiary/aromatic N) is 3. The van der Waals surface area contributed by atoms with Gasteiger partial charge in [-0.1, -0.05) is 12.1 Å². The Labute approximate surface area is 142 Å². The van der Waals surface area contributed by atoms with Crippen molar-refractivity contribution in [1.29, 1.82) is 0 Å². The molecule has 122 valence electrons. The summed E-state index contributed by atoms with van der Waals surface area (Å²) in [6.45, 7) is 5.31. The third-order valence-electron chi connectivity index (χ3n) is 4.87. The number of aryl methyl sites for hydroxylation is 1. The van der Waals surface area contributed by atoms with E-state index in [0.29, 0.717) is 0 Å². The Morgan fingerprint density at radius 3 is 2.83 bits per heavy atom. The van der Waals surface area contributed by atoms with Gasteiger partial charge in [0.15, 0.2) is 0 Å². The minimum atomic E-state index is 0.996. The van der Waals surface area contributed by atoms with Crippen molar-refractivity contribution in [2.24, 2.45) is 0 Å². The molecular weight excluding hydrogens is 296 g/mol. The van der Waals surface area contributed by atoms with Gasteiger partial charge in [0.25, 0.3) is 0 Å². The normalized spacial score (nSPS) is 13.9. The predicted octanol–water partition coefficient (Wildman–Crippen LogP) is 4.30. The van der Waals surface area contributed by atoms with E-state index in [-0.39, 0.29) is 0 Å². The van der Waals surface area contributed by atoms with E-state index < -0.39 is 0 Å². The van der Waals surface area contributed by atoms with Gasteiger partial charge in [0, 0.05) is 30.1 Å². The van der Waals surface area contributed by atoms with E-state index >= 15 is 0 Å². The third kappa shape index (κ3) is 2.48. The Bertz CT molecular complexity index is 865. The van der Waals surface area contributed by atoms with Crippen molar-refractivity contribution in [2.75, 3.05) is 11.9 Å². The quantitative estimate of drug-likeness (QED) is 0.766. The van der Waals surface area contributed by atoms with E-state index in [0.717, 1.165) is 35.7 Å². The number of hydrogen-bond donors (Lipinski definition) is 1. The lowest BCUT2D eigenvalue weighted by atomic mass is 10.0. The van der Waals surface area contributed by atoms with Crippen molar-refractivity contribution in [3.63, 3.8) is 0 Å². The Morgan fingerprint density at radius 2 is 2.00 bits per heavy atom. The van der Waals surface area contributed by atoms with Gasteiger partial charge in [-0.2, -0.15) is 5.10 Å². The minimum Gasteiger partial charge on any atom is -0.370 e. The van der Waals surface area contributed by atoms with E-state index in [1.807, 2.05) is 18.5 Å². The molecular formula is C20H22N4. The molecule has 2 aromatic heterocycles. The zero-order chi connectivity index (χ0) is 16.5. The first-order valence-corrected chi connectivity index (χ1v) is 8.58. The second-order valence-corrected chi connectivity index (χ2v) is 6.43. The van der Waals surface area contributed by atoms with E-state index in [1.54, 1.807) is 0 Å². The number of pyridine rings is 1. The highest BCUT2D eigenvalue weighted by atomic mass is 15.3. The molecule has 0 saturated heterocycles. The van der Waals surface area contributed by atoms with Crippen LogP contribution < -0.4 is 5.32 Å². The van der Waals surface area contributed by atoms with E-state index in [1.165, 1.54) is 29.5 Å². The molecule has 0 amide bonds. The fraction of sp³-hybridized carbons (Fsp3) is 0.300. The largest absolute Gasteiger partial charge is 0.370 e. The van der Waals surface area contributed by atoms with Crippen LogP contribution in [0.25, 0.3) is 16.9 Å². The summed E-state index contributed by atoms with van der Waals surface area (Å²) in [4.78, 5) is 4.28. The van der Waals surface area contributed by atoms with Crippen LogP contribution >= 0.6 is 0 Å². The topological polar surface area (TPSA) is 42.7 Å². The van der Waals surface area contributed by atoms with Crippen molar-refractivity contribution in [2.45, 2.75) is 33.1 Å². The first-order chi connectivity index (χ1) is 11.8. The molecule has 0 atom stereocenters. The number of benzene rings is 1. The molecule has 0 saturated carbocycles. The first kappa shape index (κ1) is 14.9. The predicted molar refractivity (Wildman–Crippen MR) is 97.7 cm³/mol. The van der Waals surface area contributed by atoms with Crippen LogP contribution in [0.3, 0.4) is 0 Å². The van der Waals surface area contributed by atoms with Gasteiger partial charge < -0.3 is 5.32 Å². The number of aromatic nitrogens is 3. The summed E-state index contributed by atoms with van der Waals surface area (Å²) in [7, 11) is 0. The average Bonchev–Trinajstić information content (AvgIpc) is 2.79. The lowest BCUT2D eigenvalue weighted by Gasteiger charge is -2.13. The highest BCUT2D eigenvalue weighted by Crippen LogP contribution is 2.34. The van der Waals surface area contributed by atoms with Crippen molar-refractivity contribution >= 4 is 5.82 Å². The maximum Gasteiger partial charge on any atom is 0.133 e. The van der Waals surface area contributed by atoms with Crippen LogP contribution in [0.5, 0.6) is 0 Å². The zero-order valence-electron chi connectivity index (χ0n) is 14.2. The molecule has 0 unspecified atom stereocenters. The molecule has 0 radical (unpaired) electrons. The van der Waals surface area contributed by atoms with Crippen molar-refractivity contribution < 1.29 is 0 Å². The minimum absolute atomic E-state index is 0.996. The maximum atomic E-state index is 4.99. The molecule has 24 heavy (non-hydrogen) atoms. The van der Waals surface area contributed by atoms with Crippen LogP contribution in [0.1, 0.15) is 29.5 Å². The smallest absolute Gasteiger partial charge is 0.133 e. The number of fused-ring (bicyclic) bond motifs is 1. The number of anilines is 1. The first-order valence-electron chi connectivity index (χ1n) is 8.58. The lowest BCUT2D eigenvalue weighted by molar-refractivity contribution is 0.779. The van der Waals surface area contributed by atoms with Crippen molar-refractivity contribution in [3.05, 3.63) is 59.4 Å². The lowest BCUT2D eigenvalue weighted by Crippen LogP contribution is -2.08. The molecule has 0 fully saturated rings. The molecule has 0 spiro atoms. The van der Waals surface area contributed by atoms with Crippen LogP contribution in [-0.4, -0.2) is 21.3 Å². The molecule has 0 bridgehead atoms. The summed E-state index contributed by atoms with van der Waals surface area (Å²) in [6, 6.07) is 10.5. The zero-order valence-corrected chi connectivity index (χ0v) is 14.2. The summed E-state index contributed by atoms with van der Waals surface area (Å²) in [5.41, 5.74) is 7.15. The average molecular weight is 318 g/mol. The van der Waals surface area contributed by atoms with Crippen LogP contribution in [0, 0.1) is 13.8 Å². The Morgan fingerprint density at radius 1 is 1.08 bits per heavy atom. The second kappa shape index (κ2) is 6.11. The molecule has 4 rings (SSSR count). The van der Waals surface area contributed by atoms with E-state index in [2.05, 4.69) is 53.1 Å². The van der Waals surface area contributed by atoms with Crippen LogP contribution in [-0.2, 0) is 6.42 Å². The van der Waals surface area contributed by atoms with Crippen LogP contribution in [0.4, 0.5) is 5.82 Å². The van der Waals surface area contributed by atoms with Crippen molar-refractivity contribution in [3.8, 4) is 16.9 Å². The Balaban J connectivity index is 1.95. The van der Waals surface area contributed by atoms with E-state index in [9.17, 15) is 0 Å². The van der Waals surface area contributed by atoms with Gasteiger partial charge in [0.05, 0.1) is 11.4 Å². The summed E-state index contributed by atoms with van der Waals surface area (Å²) in [5.74, 6) is 1.14. The highest BCUT2D eigenvalue weighted by Gasteiger charge is 2.22. The SMILES string of the molecule is Cc1cccc(-n2nc(-c3cccnc3)c3c2NCCCC3)c1C. The molecule has 4 nitrogen and oxygen atoms in total. The van der Waals surface area contributed by atoms with Crippen LogP contribution in [0.15, 0.2) is 42.7 Å². The highest BCUT2D eigenvalue weighted by molar-refractivity contribution is 5.71. The monoisotopic (exact) mass is 318 g/mol. The molecule has 1 N–H and O–H groups in total. The van der Waals surface area contributed by atoms with Gasteiger partial charge in [-0.25, -0.2) is 4.68 Å². The van der Waals surface area contributed by atoms with Gasteiger partial charge in [-0.15, -0.1) is 0 Å². The van der Waals surface area contributed by atoms with Gasteiger partial charge in [-0.05, 0) is 62.4 Å². The fourth-order valence-corrected chi connectivity index (χ4v) is 3.38. The summed E-state index contributed by atoms with van der Waals surface area (Å²) >= 11 is 0. The second-order valence-electron chi connectivity index (χ2n) is 6.43. The standard InChI is InChI=1S/C20H22N4/c1-14-7-5-10-18(15(14)2)24-20-17(9-3-4-12-22-20)19(23-24)16-8-6-11-21-13-16/h5-8,10-11,13,22H,3-4,9,12H2,1-2H3. The molecule has 0 aliphatic carbocycles. The summed E-state index contributed by atoms with van der Waals surface area (Å²) in [5, 5.41) is 8.60. The fourth-order valence-electron chi connectivity index (χ4n) is 3.38. The van der Waals surface area contributed by atoms with Crippen LogP contribution in [0.2, 0.25) is 0 Å². The Kier molecular flexibility index (Phi) is 3.81. The number of rotatable bonds is 2. The molecule has 3 aromatic rings. The molecule has 4 heteroatoms. The molecule has 1 aliphatic heterocycles. The molecule has 1 aliphatic rings.